The molecule has 0 radical (unpaired) electrons. The van der Waals surface area contributed by atoms with Crippen molar-refractivity contribution in [2.75, 3.05) is 11.4 Å². The molecule has 0 saturated carbocycles. The van der Waals surface area contributed by atoms with Crippen LogP contribution in [-0.2, 0) is 6.54 Å². The van der Waals surface area contributed by atoms with Gasteiger partial charge in [-0.1, -0.05) is 36.0 Å². The number of rotatable bonds is 4. The van der Waals surface area contributed by atoms with Gasteiger partial charge in [0, 0.05) is 28.4 Å². The fourth-order valence-corrected chi connectivity index (χ4v) is 4.37. The van der Waals surface area contributed by atoms with Gasteiger partial charge in [0.05, 0.1) is 11.3 Å². The van der Waals surface area contributed by atoms with Crippen LogP contribution in [0.2, 0.25) is 0 Å². The second-order valence-corrected chi connectivity index (χ2v) is 7.73. The van der Waals surface area contributed by atoms with E-state index in [1.54, 1.807) is 29.2 Å². The summed E-state index contributed by atoms with van der Waals surface area (Å²) in [5.41, 5.74) is 2.52. The van der Waals surface area contributed by atoms with Crippen molar-refractivity contribution in [2.24, 2.45) is 0 Å². The van der Waals surface area contributed by atoms with E-state index in [0.29, 0.717) is 23.2 Å². The lowest BCUT2D eigenvalue weighted by Crippen LogP contribution is -2.31. The monoisotopic (exact) mass is 406 g/mol. The van der Waals surface area contributed by atoms with Crippen LogP contribution in [0.1, 0.15) is 33.2 Å². The lowest BCUT2D eigenvalue weighted by molar-refractivity contribution is 0.0947. The Morgan fingerprint density at radius 3 is 2.66 bits per heavy atom. The van der Waals surface area contributed by atoms with Gasteiger partial charge in [0.1, 0.15) is 5.82 Å². The van der Waals surface area contributed by atoms with Gasteiger partial charge in [0.25, 0.3) is 11.8 Å². The Labute approximate surface area is 172 Å². The number of carbonyl (C=O) groups excluding carboxylic acids is 2. The van der Waals surface area contributed by atoms with Gasteiger partial charge in [0.15, 0.2) is 0 Å². The number of hydrogen-bond acceptors (Lipinski definition) is 3. The van der Waals surface area contributed by atoms with E-state index in [9.17, 15) is 14.0 Å². The van der Waals surface area contributed by atoms with Crippen LogP contribution < -0.4 is 10.2 Å². The minimum absolute atomic E-state index is 0.0772. The van der Waals surface area contributed by atoms with Gasteiger partial charge < -0.3 is 10.2 Å². The molecule has 0 fully saturated rings. The summed E-state index contributed by atoms with van der Waals surface area (Å²) in [6.45, 7) is 2.64. The molecular weight excluding hydrogens is 387 g/mol. The third kappa shape index (κ3) is 3.89. The smallest absolute Gasteiger partial charge is 0.259 e. The first-order chi connectivity index (χ1) is 14.1. The molecule has 0 saturated heterocycles. The maximum atomic E-state index is 13.3. The molecule has 4 rings (SSSR count). The SMILES string of the molecule is CCN1C(=O)c2ccccc2Sc2ccc(C(=O)NCc3cccc(F)c3)cc21. The van der Waals surface area contributed by atoms with Crippen molar-refractivity contribution in [3.05, 3.63) is 89.2 Å². The summed E-state index contributed by atoms with van der Waals surface area (Å²) in [5, 5.41) is 2.81. The number of carbonyl (C=O) groups is 2. The normalized spacial score (nSPS) is 12.8. The number of fused-ring (bicyclic) bond motifs is 2. The summed E-state index contributed by atoms with van der Waals surface area (Å²) in [6, 6.07) is 19.0. The highest BCUT2D eigenvalue weighted by Gasteiger charge is 2.26. The number of halogens is 1. The van der Waals surface area contributed by atoms with Crippen LogP contribution in [0, 0.1) is 5.82 Å². The average Bonchev–Trinajstić information content (AvgIpc) is 2.85. The minimum Gasteiger partial charge on any atom is -0.348 e. The molecule has 0 aliphatic carbocycles. The Morgan fingerprint density at radius 2 is 1.86 bits per heavy atom. The Bertz CT molecular complexity index is 1100. The van der Waals surface area contributed by atoms with E-state index in [1.165, 1.54) is 23.9 Å². The first-order valence-corrected chi connectivity index (χ1v) is 10.1. The zero-order valence-corrected chi connectivity index (χ0v) is 16.6. The summed E-state index contributed by atoms with van der Waals surface area (Å²) in [6.07, 6.45) is 0. The molecule has 146 valence electrons. The molecule has 0 bridgehead atoms. The van der Waals surface area contributed by atoms with E-state index in [1.807, 2.05) is 37.3 Å². The highest BCUT2D eigenvalue weighted by Crippen LogP contribution is 2.41. The van der Waals surface area contributed by atoms with Crippen molar-refractivity contribution in [2.45, 2.75) is 23.3 Å². The Morgan fingerprint density at radius 1 is 1.03 bits per heavy atom. The third-order valence-corrected chi connectivity index (χ3v) is 5.89. The first kappa shape index (κ1) is 19.2. The Balaban J connectivity index is 1.61. The predicted octanol–water partition coefficient (Wildman–Crippen LogP) is 4.89. The fourth-order valence-electron chi connectivity index (χ4n) is 3.31. The molecule has 1 N–H and O–H groups in total. The molecule has 2 amide bonds. The quantitative estimate of drug-likeness (QED) is 0.671. The molecule has 29 heavy (non-hydrogen) atoms. The van der Waals surface area contributed by atoms with E-state index < -0.39 is 0 Å². The van der Waals surface area contributed by atoms with Crippen molar-refractivity contribution in [3.8, 4) is 0 Å². The number of anilines is 1. The molecule has 3 aromatic carbocycles. The number of amides is 2. The molecule has 4 nitrogen and oxygen atoms in total. The van der Waals surface area contributed by atoms with Gasteiger partial charge in [-0.3, -0.25) is 9.59 Å². The van der Waals surface area contributed by atoms with Gasteiger partial charge in [-0.2, -0.15) is 0 Å². The second kappa shape index (κ2) is 8.09. The largest absolute Gasteiger partial charge is 0.348 e. The molecule has 0 spiro atoms. The number of nitrogens with zero attached hydrogens (tertiary/aromatic N) is 1. The van der Waals surface area contributed by atoms with E-state index in [0.717, 1.165) is 15.5 Å². The van der Waals surface area contributed by atoms with Crippen LogP contribution >= 0.6 is 11.8 Å². The molecule has 0 unspecified atom stereocenters. The second-order valence-electron chi connectivity index (χ2n) is 6.64. The highest BCUT2D eigenvalue weighted by molar-refractivity contribution is 7.99. The molecule has 1 heterocycles. The third-order valence-electron chi connectivity index (χ3n) is 4.75. The molecule has 0 aromatic heterocycles. The van der Waals surface area contributed by atoms with Crippen molar-refractivity contribution < 1.29 is 14.0 Å². The van der Waals surface area contributed by atoms with Crippen molar-refractivity contribution in [1.82, 2.24) is 5.32 Å². The van der Waals surface area contributed by atoms with Crippen LogP contribution in [0.5, 0.6) is 0 Å². The average molecular weight is 406 g/mol. The predicted molar refractivity (Wildman–Crippen MR) is 112 cm³/mol. The molecule has 3 aromatic rings. The molecule has 1 aliphatic rings. The van der Waals surface area contributed by atoms with Crippen LogP contribution in [0.3, 0.4) is 0 Å². The fraction of sp³-hybridized carbons (Fsp3) is 0.130. The van der Waals surface area contributed by atoms with Gasteiger partial charge in [0.2, 0.25) is 0 Å². The summed E-state index contributed by atoms with van der Waals surface area (Å²) >= 11 is 1.52. The number of nitrogens with one attached hydrogen (secondary N) is 1. The molecular formula is C23H19FN2O2S. The van der Waals surface area contributed by atoms with E-state index >= 15 is 0 Å². The lowest BCUT2D eigenvalue weighted by Gasteiger charge is -2.21. The first-order valence-electron chi connectivity index (χ1n) is 9.32. The van der Waals surface area contributed by atoms with Gasteiger partial charge in [-0.25, -0.2) is 4.39 Å². The van der Waals surface area contributed by atoms with Crippen molar-refractivity contribution >= 4 is 29.3 Å². The van der Waals surface area contributed by atoms with Crippen molar-refractivity contribution in [3.63, 3.8) is 0 Å². The molecule has 0 atom stereocenters. The maximum Gasteiger partial charge on any atom is 0.259 e. The zero-order valence-electron chi connectivity index (χ0n) is 15.8. The maximum absolute atomic E-state index is 13.3. The zero-order chi connectivity index (χ0) is 20.4. The number of hydrogen-bond donors (Lipinski definition) is 1. The summed E-state index contributed by atoms with van der Waals surface area (Å²) in [5.74, 6) is -0.686. The van der Waals surface area contributed by atoms with Gasteiger partial charge >= 0.3 is 0 Å². The van der Waals surface area contributed by atoms with Crippen LogP contribution in [0.4, 0.5) is 10.1 Å². The van der Waals surface area contributed by atoms with E-state index in [2.05, 4.69) is 5.32 Å². The standard InChI is InChI=1S/C23H19FN2O2S/c1-2-26-19-13-16(22(27)25-14-15-6-5-7-17(24)12-15)10-11-21(19)29-20-9-4-3-8-18(20)23(26)28/h3-13H,2,14H2,1H3,(H,25,27). The van der Waals surface area contributed by atoms with Gasteiger partial charge in [-0.05, 0) is 55.0 Å². The Kier molecular flexibility index (Phi) is 5.36. The van der Waals surface area contributed by atoms with Crippen LogP contribution in [-0.4, -0.2) is 18.4 Å². The summed E-state index contributed by atoms with van der Waals surface area (Å²) < 4.78 is 13.3. The lowest BCUT2D eigenvalue weighted by atomic mass is 10.1. The summed E-state index contributed by atoms with van der Waals surface area (Å²) in [7, 11) is 0. The highest BCUT2D eigenvalue weighted by atomic mass is 32.2. The van der Waals surface area contributed by atoms with Crippen LogP contribution in [0.15, 0.2) is 76.5 Å². The number of benzene rings is 3. The Hall–Kier alpha value is -3.12. The molecule has 6 heteroatoms. The summed E-state index contributed by atoms with van der Waals surface area (Å²) in [4.78, 5) is 29.2. The minimum atomic E-state index is -0.338. The molecule has 1 aliphatic heterocycles. The van der Waals surface area contributed by atoms with Gasteiger partial charge in [-0.15, -0.1) is 0 Å². The van der Waals surface area contributed by atoms with E-state index in [4.69, 9.17) is 0 Å². The van der Waals surface area contributed by atoms with Crippen LogP contribution in [0.25, 0.3) is 0 Å². The van der Waals surface area contributed by atoms with E-state index in [-0.39, 0.29) is 24.2 Å². The van der Waals surface area contributed by atoms with Crippen molar-refractivity contribution in [1.29, 1.82) is 0 Å². The topological polar surface area (TPSA) is 49.4 Å².